The molecule has 0 aromatic carbocycles. The van der Waals surface area contributed by atoms with E-state index in [0.29, 0.717) is 12.2 Å². The molecule has 1 aliphatic rings. The molecule has 3 N–H and O–H groups in total. The van der Waals surface area contributed by atoms with Gasteiger partial charge in [-0.3, -0.25) is 9.89 Å². The molecule has 0 radical (unpaired) electrons. The summed E-state index contributed by atoms with van der Waals surface area (Å²) in [7, 11) is 0. The standard InChI is InChI=1S/C11H18N4O.ClH/c1-11(4-2-5-12-7-11)8-13-10(16)9-3-6-14-15-9;/h3,6,12H,2,4-5,7-8H2,1H3,(H,13,16)(H,14,15);1H. The van der Waals surface area contributed by atoms with Gasteiger partial charge in [-0.05, 0) is 30.9 Å². The maximum atomic E-state index is 11.7. The van der Waals surface area contributed by atoms with Crippen LogP contribution < -0.4 is 10.6 Å². The van der Waals surface area contributed by atoms with Crippen LogP contribution in [0.2, 0.25) is 0 Å². The van der Waals surface area contributed by atoms with Crippen molar-refractivity contribution >= 4 is 18.3 Å². The van der Waals surface area contributed by atoms with Crippen molar-refractivity contribution in [2.75, 3.05) is 19.6 Å². The predicted molar refractivity (Wildman–Crippen MR) is 68.4 cm³/mol. The van der Waals surface area contributed by atoms with Crippen LogP contribution in [-0.2, 0) is 0 Å². The van der Waals surface area contributed by atoms with Gasteiger partial charge in [0.05, 0.1) is 0 Å². The second kappa shape index (κ2) is 6.02. The van der Waals surface area contributed by atoms with E-state index in [1.807, 2.05) is 0 Å². The summed E-state index contributed by atoms with van der Waals surface area (Å²) in [5.41, 5.74) is 0.695. The largest absolute Gasteiger partial charge is 0.350 e. The molecule has 1 fully saturated rings. The van der Waals surface area contributed by atoms with Gasteiger partial charge >= 0.3 is 0 Å². The van der Waals surface area contributed by atoms with Crippen LogP contribution >= 0.6 is 12.4 Å². The zero-order valence-corrected chi connectivity index (χ0v) is 10.8. The Morgan fingerprint density at radius 3 is 3.06 bits per heavy atom. The van der Waals surface area contributed by atoms with Crippen LogP contribution in [0.15, 0.2) is 12.3 Å². The van der Waals surface area contributed by atoms with E-state index in [2.05, 4.69) is 27.8 Å². The molecule has 17 heavy (non-hydrogen) atoms. The summed E-state index contributed by atoms with van der Waals surface area (Å²) in [5, 5.41) is 12.7. The molecule has 2 rings (SSSR count). The van der Waals surface area contributed by atoms with Crippen molar-refractivity contribution < 1.29 is 4.79 Å². The summed E-state index contributed by atoms with van der Waals surface area (Å²) >= 11 is 0. The van der Waals surface area contributed by atoms with Crippen molar-refractivity contribution in [3.05, 3.63) is 18.0 Å². The van der Waals surface area contributed by atoms with Crippen molar-refractivity contribution in [3.63, 3.8) is 0 Å². The van der Waals surface area contributed by atoms with E-state index in [1.54, 1.807) is 12.3 Å². The number of H-pyrrole nitrogens is 1. The highest BCUT2D eigenvalue weighted by atomic mass is 35.5. The first kappa shape index (κ1) is 14.0. The van der Waals surface area contributed by atoms with Gasteiger partial charge in [0.15, 0.2) is 0 Å². The second-order valence-corrected chi connectivity index (χ2v) is 4.74. The van der Waals surface area contributed by atoms with Crippen LogP contribution in [0.1, 0.15) is 30.3 Å². The molecule has 96 valence electrons. The minimum atomic E-state index is -0.0794. The highest BCUT2D eigenvalue weighted by Crippen LogP contribution is 2.24. The van der Waals surface area contributed by atoms with Crippen LogP contribution in [0.3, 0.4) is 0 Å². The van der Waals surface area contributed by atoms with Crippen molar-refractivity contribution in [2.24, 2.45) is 5.41 Å². The normalized spacial score (nSPS) is 23.8. The SMILES string of the molecule is CC1(CNC(=O)c2ccn[nH]2)CCCNC1.Cl. The van der Waals surface area contributed by atoms with E-state index in [0.717, 1.165) is 19.5 Å². The maximum Gasteiger partial charge on any atom is 0.269 e. The van der Waals surface area contributed by atoms with Crippen LogP contribution in [0.4, 0.5) is 0 Å². The number of hydrogen-bond acceptors (Lipinski definition) is 3. The number of hydrogen-bond donors (Lipinski definition) is 3. The van der Waals surface area contributed by atoms with Crippen LogP contribution in [0.5, 0.6) is 0 Å². The van der Waals surface area contributed by atoms with Gasteiger partial charge < -0.3 is 10.6 Å². The third-order valence-electron chi connectivity index (χ3n) is 3.11. The number of piperidine rings is 1. The van der Waals surface area contributed by atoms with Gasteiger partial charge in [-0.2, -0.15) is 5.10 Å². The van der Waals surface area contributed by atoms with Gasteiger partial charge in [-0.25, -0.2) is 0 Å². The first-order chi connectivity index (χ1) is 7.70. The predicted octanol–water partition coefficient (Wildman–Crippen LogP) is 0.951. The number of halogens is 1. The van der Waals surface area contributed by atoms with Crippen molar-refractivity contribution in [2.45, 2.75) is 19.8 Å². The number of carbonyl (C=O) groups is 1. The fourth-order valence-corrected chi connectivity index (χ4v) is 2.04. The summed E-state index contributed by atoms with van der Waals surface area (Å²) < 4.78 is 0. The Bertz CT molecular complexity index is 346. The topological polar surface area (TPSA) is 69.8 Å². The quantitative estimate of drug-likeness (QED) is 0.756. The Balaban J connectivity index is 0.00000144. The second-order valence-electron chi connectivity index (χ2n) is 4.74. The molecule has 1 saturated heterocycles. The summed E-state index contributed by atoms with van der Waals surface area (Å²) in [4.78, 5) is 11.7. The van der Waals surface area contributed by atoms with E-state index in [4.69, 9.17) is 0 Å². The third-order valence-corrected chi connectivity index (χ3v) is 3.11. The third kappa shape index (κ3) is 3.71. The first-order valence-corrected chi connectivity index (χ1v) is 5.68. The first-order valence-electron chi connectivity index (χ1n) is 5.68. The minimum Gasteiger partial charge on any atom is -0.350 e. The van der Waals surface area contributed by atoms with Gasteiger partial charge in [0.1, 0.15) is 5.69 Å². The molecule has 0 saturated carbocycles. The van der Waals surface area contributed by atoms with Crippen LogP contribution in [0, 0.1) is 5.41 Å². The molecule has 1 aliphatic heterocycles. The fraction of sp³-hybridized carbons (Fsp3) is 0.636. The van der Waals surface area contributed by atoms with E-state index in [1.165, 1.54) is 6.42 Å². The smallest absolute Gasteiger partial charge is 0.269 e. The number of amides is 1. The fourth-order valence-electron chi connectivity index (χ4n) is 2.04. The molecular formula is C11H19ClN4O. The molecule has 6 heteroatoms. The lowest BCUT2D eigenvalue weighted by molar-refractivity contribution is 0.0919. The minimum absolute atomic E-state index is 0. The Kier molecular flexibility index (Phi) is 4.96. The van der Waals surface area contributed by atoms with Crippen molar-refractivity contribution in [1.29, 1.82) is 0 Å². The average molecular weight is 259 g/mol. The number of rotatable bonds is 3. The number of nitrogens with zero attached hydrogens (tertiary/aromatic N) is 1. The Hall–Kier alpha value is -1.07. The molecular weight excluding hydrogens is 240 g/mol. The van der Waals surface area contributed by atoms with Crippen molar-refractivity contribution in [3.8, 4) is 0 Å². The van der Waals surface area contributed by atoms with Crippen LogP contribution in [0.25, 0.3) is 0 Å². The van der Waals surface area contributed by atoms with Crippen molar-refractivity contribution in [1.82, 2.24) is 20.8 Å². The molecule has 1 aromatic rings. The average Bonchev–Trinajstić information content (AvgIpc) is 2.80. The molecule has 0 spiro atoms. The lowest BCUT2D eigenvalue weighted by Gasteiger charge is -2.34. The Morgan fingerprint density at radius 1 is 1.65 bits per heavy atom. The molecule has 1 unspecified atom stereocenters. The van der Waals surface area contributed by atoms with Gasteiger partial charge in [0.2, 0.25) is 0 Å². The van der Waals surface area contributed by atoms with E-state index in [9.17, 15) is 4.79 Å². The Morgan fingerprint density at radius 2 is 2.47 bits per heavy atom. The van der Waals surface area contributed by atoms with E-state index < -0.39 is 0 Å². The van der Waals surface area contributed by atoms with Gasteiger partial charge in [0, 0.05) is 19.3 Å². The number of nitrogens with one attached hydrogen (secondary N) is 3. The summed E-state index contributed by atoms with van der Waals surface area (Å²) in [6.45, 7) is 4.96. The van der Waals surface area contributed by atoms with E-state index in [-0.39, 0.29) is 23.7 Å². The summed E-state index contributed by atoms with van der Waals surface area (Å²) in [6, 6.07) is 1.68. The Labute approximate surface area is 107 Å². The molecule has 0 bridgehead atoms. The van der Waals surface area contributed by atoms with Gasteiger partial charge in [-0.15, -0.1) is 12.4 Å². The van der Waals surface area contributed by atoms with Gasteiger partial charge in [0.25, 0.3) is 5.91 Å². The van der Waals surface area contributed by atoms with Crippen LogP contribution in [-0.4, -0.2) is 35.7 Å². The zero-order valence-electron chi connectivity index (χ0n) is 9.95. The lowest BCUT2D eigenvalue weighted by atomic mass is 9.83. The summed E-state index contributed by atoms with van der Waals surface area (Å²) in [6.07, 6.45) is 3.92. The number of aromatic nitrogens is 2. The monoisotopic (exact) mass is 258 g/mol. The highest BCUT2D eigenvalue weighted by molar-refractivity contribution is 5.92. The maximum absolute atomic E-state index is 11.7. The highest BCUT2D eigenvalue weighted by Gasteiger charge is 2.27. The zero-order chi connectivity index (χ0) is 11.4. The number of carbonyl (C=O) groups excluding carboxylic acids is 1. The molecule has 5 nitrogen and oxygen atoms in total. The lowest BCUT2D eigenvalue weighted by Crippen LogP contribution is -2.45. The number of aromatic amines is 1. The van der Waals surface area contributed by atoms with Gasteiger partial charge in [-0.1, -0.05) is 6.92 Å². The molecule has 1 atom stereocenters. The van der Waals surface area contributed by atoms with E-state index >= 15 is 0 Å². The molecule has 1 aromatic heterocycles. The molecule has 0 aliphatic carbocycles. The molecule has 1 amide bonds. The summed E-state index contributed by atoms with van der Waals surface area (Å²) in [5.74, 6) is -0.0794. The molecule has 2 heterocycles.